The first-order chi connectivity index (χ1) is 39.4. The molecular formula is C59H77N11O10S. The summed E-state index contributed by atoms with van der Waals surface area (Å²) in [4.78, 5) is 105. The molecule has 434 valence electrons. The fraction of sp³-hybridized carbons (Fsp3) is 0.559. The smallest absolute Gasteiger partial charge is 0.263 e. The van der Waals surface area contributed by atoms with Gasteiger partial charge in [0.05, 0.1) is 75.6 Å². The lowest BCUT2D eigenvalue weighted by Gasteiger charge is -2.36. The van der Waals surface area contributed by atoms with Crippen LogP contribution in [0.25, 0.3) is 11.0 Å². The first kappa shape index (κ1) is 58.9. The molecule has 21 nitrogen and oxygen atoms in total. The van der Waals surface area contributed by atoms with E-state index in [1.54, 1.807) is 67.5 Å². The first-order valence-corrected chi connectivity index (χ1v) is 29.7. The van der Waals surface area contributed by atoms with Crippen molar-refractivity contribution in [3.63, 3.8) is 0 Å². The van der Waals surface area contributed by atoms with Crippen LogP contribution in [0.4, 0.5) is 17.5 Å². The number of rotatable bonds is 26. The topological polar surface area (TPSA) is 242 Å². The van der Waals surface area contributed by atoms with Gasteiger partial charge in [0.25, 0.3) is 5.56 Å². The summed E-state index contributed by atoms with van der Waals surface area (Å²) in [5, 5.41) is 12.4. The molecule has 3 N–H and O–H groups in total. The number of aromatic nitrogens is 5. The second-order valence-electron chi connectivity index (χ2n) is 21.4. The molecule has 3 amide bonds. The van der Waals surface area contributed by atoms with Crippen molar-refractivity contribution in [2.75, 3.05) is 96.2 Å². The predicted octanol–water partition coefficient (Wildman–Crippen LogP) is 6.75. The van der Waals surface area contributed by atoms with E-state index in [9.17, 15) is 28.8 Å². The van der Waals surface area contributed by atoms with E-state index in [4.69, 9.17) is 28.9 Å². The predicted molar refractivity (Wildman–Crippen MR) is 308 cm³/mol. The Balaban J connectivity index is 0.628. The van der Waals surface area contributed by atoms with Gasteiger partial charge in [-0.2, -0.15) is 4.98 Å². The molecule has 4 aromatic heterocycles. The number of hydrogen-bond acceptors (Lipinski definition) is 18. The highest BCUT2D eigenvalue weighted by Gasteiger charge is 2.40. The summed E-state index contributed by atoms with van der Waals surface area (Å²) in [5.74, 6) is 0.789. The number of thiazole rings is 1. The summed E-state index contributed by atoms with van der Waals surface area (Å²) in [7, 11) is 1.73. The number of pyridine rings is 2. The third-order valence-corrected chi connectivity index (χ3v) is 17.1. The lowest BCUT2D eigenvalue weighted by atomic mass is 9.83. The van der Waals surface area contributed by atoms with Gasteiger partial charge in [0.15, 0.2) is 5.78 Å². The first-order valence-electron chi connectivity index (χ1n) is 28.8. The van der Waals surface area contributed by atoms with Gasteiger partial charge in [0, 0.05) is 61.3 Å². The number of carbonyl (C=O) groups excluding carboxylic acids is 5. The van der Waals surface area contributed by atoms with Gasteiger partial charge in [-0.25, -0.2) is 15.0 Å². The number of hydrogen-bond donors (Lipinski definition) is 3. The molecule has 0 bridgehead atoms. The molecule has 2 aliphatic carbocycles. The molecule has 9 rings (SSSR count). The average Bonchev–Trinajstić information content (AvgIpc) is 4.36. The van der Waals surface area contributed by atoms with Crippen molar-refractivity contribution in [1.82, 2.24) is 44.9 Å². The van der Waals surface area contributed by atoms with Crippen LogP contribution in [0.2, 0.25) is 0 Å². The second-order valence-corrected chi connectivity index (χ2v) is 22.3. The molecule has 2 saturated carbocycles. The highest BCUT2D eigenvalue weighted by molar-refractivity contribution is 7.10. The van der Waals surface area contributed by atoms with Crippen LogP contribution in [-0.2, 0) is 28.6 Å². The lowest BCUT2D eigenvalue weighted by Crippen LogP contribution is -2.55. The van der Waals surface area contributed by atoms with E-state index in [1.807, 2.05) is 21.9 Å². The number of likely N-dealkylation sites (N-methyl/N-ethyl adjacent to an activating group) is 1. The summed E-state index contributed by atoms with van der Waals surface area (Å²) >= 11 is 1.39. The Hall–Kier alpha value is -6.72. The van der Waals surface area contributed by atoms with Crippen molar-refractivity contribution in [2.24, 2.45) is 5.92 Å². The van der Waals surface area contributed by atoms with Crippen LogP contribution in [0.3, 0.4) is 0 Å². The number of piperazine rings is 1. The van der Waals surface area contributed by atoms with E-state index >= 15 is 0 Å². The Bertz CT molecular complexity index is 3040. The zero-order chi connectivity index (χ0) is 56.8. The molecule has 2 unspecified atom stereocenters. The third kappa shape index (κ3) is 14.7. The number of amides is 3. The molecule has 3 atom stereocenters. The molecule has 4 fully saturated rings. The van der Waals surface area contributed by atoms with Gasteiger partial charge in [-0.05, 0) is 102 Å². The molecule has 22 heteroatoms. The van der Waals surface area contributed by atoms with Crippen molar-refractivity contribution < 1.29 is 42.9 Å². The zero-order valence-corrected chi connectivity index (χ0v) is 47.9. The number of anilines is 3. The van der Waals surface area contributed by atoms with E-state index in [-0.39, 0.29) is 71.4 Å². The summed E-state index contributed by atoms with van der Waals surface area (Å²) in [6.07, 6.45) is 14.1. The van der Waals surface area contributed by atoms with E-state index in [2.05, 4.69) is 30.8 Å². The second kappa shape index (κ2) is 28.3. The van der Waals surface area contributed by atoms with Crippen molar-refractivity contribution in [3.8, 4) is 5.75 Å². The van der Waals surface area contributed by atoms with Crippen LogP contribution in [-0.4, -0.2) is 162 Å². The fourth-order valence-electron chi connectivity index (χ4n) is 11.5. The van der Waals surface area contributed by atoms with Crippen LogP contribution < -0.4 is 31.1 Å². The van der Waals surface area contributed by atoms with Gasteiger partial charge in [-0.3, -0.25) is 33.3 Å². The number of aryl methyl sites for hydroxylation is 1. The minimum absolute atomic E-state index is 0.0133. The van der Waals surface area contributed by atoms with Gasteiger partial charge in [0.2, 0.25) is 29.5 Å². The Morgan fingerprint density at radius 2 is 1.51 bits per heavy atom. The number of Topliss-reactive ketones (excluding diaryl/α,β-unsaturated/α-hetero) is 1. The largest absolute Gasteiger partial charge is 0.491 e. The number of nitrogens with one attached hydrogen (secondary N) is 3. The zero-order valence-electron chi connectivity index (χ0n) is 47.1. The summed E-state index contributed by atoms with van der Waals surface area (Å²) in [6.45, 7) is 10.4. The minimum Gasteiger partial charge on any atom is -0.491 e. The van der Waals surface area contributed by atoms with Gasteiger partial charge >= 0.3 is 0 Å². The molecule has 81 heavy (non-hydrogen) atoms. The number of carbonyl (C=O) groups is 5. The Kier molecular flexibility index (Phi) is 20.6. The minimum atomic E-state index is -0.589. The normalized spacial score (nSPS) is 17.8. The van der Waals surface area contributed by atoms with E-state index in [0.29, 0.717) is 118 Å². The van der Waals surface area contributed by atoms with Crippen LogP contribution in [0.5, 0.6) is 5.75 Å². The Morgan fingerprint density at radius 1 is 0.790 bits per heavy atom. The average molecular weight is 1130 g/mol. The Labute approximate surface area is 476 Å². The quantitative estimate of drug-likeness (QED) is 0.0383. The van der Waals surface area contributed by atoms with Crippen LogP contribution in [0.15, 0.2) is 59.0 Å². The number of nitrogens with zero attached hydrogens (tertiary/aromatic N) is 8. The SMILES string of the molecule is CNC(C)C(=O)N[C@H](C(=O)N1CCCC1c1nc(C(=O)c2cccc(OCCOCCOCCOCCC(=O)N3CCN(c4ccc(Nc5ncc6c(C)c(C(C)=O)c(=O)n(C7CCCC7)c6n5)nc4)CC3)c2)cs1)C1CCCCC1. The number of benzene rings is 1. The monoisotopic (exact) mass is 1130 g/mol. The molecule has 0 spiro atoms. The van der Waals surface area contributed by atoms with E-state index in [0.717, 1.165) is 81.3 Å². The fourth-order valence-corrected chi connectivity index (χ4v) is 12.5. The molecule has 2 saturated heterocycles. The molecule has 6 heterocycles. The number of ether oxygens (including phenoxy) is 4. The maximum Gasteiger partial charge on any atom is 0.263 e. The number of likely N-dealkylation sites (tertiary alicyclic amines) is 1. The third-order valence-electron chi connectivity index (χ3n) is 16.1. The van der Waals surface area contributed by atoms with Crippen molar-refractivity contribution in [1.29, 1.82) is 0 Å². The van der Waals surface area contributed by atoms with Gasteiger partial charge < -0.3 is 49.6 Å². The highest BCUT2D eigenvalue weighted by atomic mass is 32.1. The molecular weight excluding hydrogens is 1050 g/mol. The summed E-state index contributed by atoms with van der Waals surface area (Å²) in [5.41, 5.74) is 2.72. The number of fused-ring (bicyclic) bond motifs is 1. The van der Waals surface area contributed by atoms with Crippen molar-refractivity contribution in [3.05, 3.63) is 91.9 Å². The standard InChI is InChI=1S/C59H77N11O10S/c1-38-46-36-62-59(66-54(46)70(43-15-8-9-16-43)57(75)51(38)40(3)71)64-49-20-19-44(35-61-49)67-23-25-68(26-24-67)50(72)21-27-77-28-29-78-30-31-79-32-33-80-45-17-10-14-42(34-45)53(73)47-37-81-56(63-47)48-18-11-22-69(48)58(76)52(41-12-6-5-7-13-41)65-55(74)39(2)60-4/h10,14,17,19-20,34-37,39,41,43,48,52,60H,5-9,11-13,15-16,18,21-33H2,1-4H3,(H,65,74)(H,61,62,64,66)/t39?,48?,52-/m0/s1. The van der Waals surface area contributed by atoms with Crippen LogP contribution >= 0.6 is 11.3 Å². The van der Waals surface area contributed by atoms with Crippen molar-refractivity contribution >= 4 is 69.1 Å². The molecule has 2 aliphatic heterocycles. The van der Waals surface area contributed by atoms with Crippen molar-refractivity contribution in [2.45, 2.75) is 122 Å². The summed E-state index contributed by atoms with van der Waals surface area (Å²) < 4.78 is 24.7. The molecule has 5 aromatic rings. The van der Waals surface area contributed by atoms with E-state index < -0.39 is 12.1 Å². The highest BCUT2D eigenvalue weighted by Crippen LogP contribution is 2.37. The molecule has 0 radical (unpaired) electrons. The maximum absolute atomic E-state index is 14.2. The lowest BCUT2D eigenvalue weighted by molar-refractivity contribution is -0.139. The van der Waals surface area contributed by atoms with E-state index in [1.165, 1.54) is 18.3 Å². The molecule has 4 aliphatic rings. The van der Waals surface area contributed by atoms with Crippen LogP contribution in [0, 0.1) is 12.8 Å². The van der Waals surface area contributed by atoms with Crippen LogP contribution in [0.1, 0.15) is 140 Å². The Morgan fingerprint density at radius 3 is 2.21 bits per heavy atom. The molecule has 1 aromatic carbocycles. The van der Waals surface area contributed by atoms with Gasteiger partial charge in [-0.15, -0.1) is 11.3 Å². The van der Waals surface area contributed by atoms with Gasteiger partial charge in [-0.1, -0.05) is 44.2 Å². The summed E-state index contributed by atoms with van der Waals surface area (Å²) in [6, 6.07) is 9.55. The maximum atomic E-state index is 14.2. The number of ketones is 2. The van der Waals surface area contributed by atoms with Gasteiger partial charge in [0.1, 0.15) is 40.6 Å².